The molecule has 1 aliphatic heterocycles. The number of rotatable bonds is 3. The van der Waals surface area contributed by atoms with E-state index in [1.54, 1.807) is 11.3 Å². The average molecular weight is 294 g/mol. The highest BCUT2D eigenvalue weighted by Gasteiger charge is 2.45. The van der Waals surface area contributed by atoms with Crippen LogP contribution >= 0.6 is 11.3 Å². The van der Waals surface area contributed by atoms with E-state index in [0.29, 0.717) is 12.0 Å². The molecule has 2 aliphatic rings. The Hall–Kier alpha value is -0.940. The van der Waals surface area contributed by atoms with Gasteiger partial charge in [-0.15, -0.1) is 11.3 Å². The van der Waals surface area contributed by atoms with Gasteiger partial charge in [-0.25, -0.2) is 4.98 Å². The first-order valence-electron chi connectivity index (χ1n) is 7.47. The van der Waals surface area contributed by atoms with Crippen molar-refractivity contribution in [3.05, 3.63) is 15.6 Å². The SMILES string of the molecule is Cc1nc(C)c(CN2[C@@H]3CCCC[C@@H]3C[C@H]2C(=O)O)s1. The van der Waals surface area contributed by atoms with Gasteiger partial charge in [-0.05, 0) is 39.0 Å². The second-order valence-corrected chi connectivity index (χ2v) is 7.40. The molecule has 0 spiro atoms. The number of thiazole rings is 1. The van der Waals surface area contributed by atoms with Crippen LogP contribution in [0.5, 0.6) is 0 Å². The van der Waals surface area contributed by atoms with E-state index in [-0.39, 0.29) is 6.04 Å². The Morgan fingerprint density at radius 1 is 1.40 bits per heavy atom. The Bertz CT molecular complexity index is 514. The van der Waals surface area contributed by atoms with Crippen molar-refractivity contribution < 1.29 is 9.90 Å². The zero-order valence-corrected chi connectivity index (χ0v) is 12.9. The molecule has 0 bridgehead atoms. The van der Waals surface area contributed by atoms with E-state index < -0.39 is 5.97 Å². The number of aromatic nitrogens is 1. The Labute approximate surface area is 123 Å². The van der Waals surface area contributed by atoms with Crippen LogP contribution in [0.1, 0.15) is 47.7 Å². The maximum atomic E-state index is 11.6. The number of carboxylic acid groups (broad SMARTS) is 1. The Kier molecular flexibility index (Phi) is 3.82. The molecule has 0 amide bonds. The summed E-state index contributed by atoms with van der Waals surface area (Å²) in [6, 6.07) is 0.163. The molecular weight excluding hydrogens is 272 g/mol. The quantitative estimate of drug-likeness (QED) is 0.931. The summed E-state index contributed by atoms with van der Waals surface area (Å²) in [7, 11) is 0. The van der Waals surface area contributed by atoms with Crippen molar-refractivity contribution in [1.82, 2.24) is 9.88 Å². The maximum Gasteiger partial charge on any atom is 0.320 e. The molecule has 2 heterocycles. The van der Waals surface area contributed by atoms with E-state index in [4.69, 9.17) is 0 Å². The van der Waals surface area contributed by atoms with Crippen LogP contribution in [0.2, 0.25) is 0 Å². The molecule has 5 heteroatoms. The molecule has 4 nitrogen and oxygen atoms in total. The van der Waals surface area contributed by atoms with Crippen molar-refractivity contribution >= 4 is 17.3 Å². The van der Waals surface area contributed by atoms with Crippen molar-refractivity contribution in [3.8, 4) is 0 Å². The van der Waals surface area contributed by atoms with E-state index in [1.165, 1.54) is 24.1 Å². The molecule has 2 fully saturated rings. The molecule has 1 aromatic rings. The van der Waals surface area contributed by atoms with Crippen molar-refractivity contribution in [2.24, 2.45) is 5.92 Å². The van der Waals surface area contributed by atoms with Crippen LogP contribution in [-0.4, -0.2) is 33.0 Å². The molecule has 0 radical (unpaired) electrons. The highest BCUT2D eigenvalue weighted by Crippen LogP contribution is 2.41. The molecule has 20 heavy (non-hydrogen) atoms. The molecule has 3 rings (SSSR count). The van der Waals surface area contributed by atoms with Crippen LogP contribution in [0.4, 0.5) is 0 Å². The lowest BCUT2D eigenvalue weighted by atomic mass is 9.85. The van der Waals surface area contributed by atoms with Gasteiger partial charge in [-0.2, -0.15) is 0 Å². The fourth-order valence-electron chi connectivity index (χ4n) is 3.91. The maximum absolute atomic E-state index is 11.6. The fourth-order valence-corrected chi connectivity index (χ4v) is 4.86. The summed E-state index contributed by atoms with van der Waals surface area (Å²) in [4.78, 5) is 19.5. The number of likely N-dealkylation sites (tertiary alicyclic amines) is 1. The van der Waals surface area contributed by atoms with Gasteiger partial charge in [0, 0.05) is 17.5 Å². The van der Waals surface area contributed by atoms with E-state index in [0.717, 1.165) is 30.1 Å². The summed E-state index contributed by atoms with van der Waals surface area (Å²) >= 11 is 1.71. The largest absolute Gasteiger partial charge is 0.480 e. The van der Waals surface area contributed by atoms with Gasteiger partial charge in [0.25, 0.3) is 0 Å². The minimum Gasteiger partial charge on any atom is -0.480 e. The summed E-state index contributed by atoms with van der Waals surface area (Å²) in [5.74, 6) is -0.0718. The number of hydrogen-bond donors (Lipinski definition) is 1. The lowest BCUT2D eigenvalue weighted by molar-refractivity contribution is -0.142. The van der Waals surface area contributed by atoms with Gasteiger partial charge in [-0.1, -0.05) is 12.8 Å². The van der Waals surface area contributed by atoms with Crippen molar-refractivity contribution in [2.45, 2.75) is 64.6 Å². The molecule has 1 saturated carbocycles. The van der Waals surface area contributed by atoms with Crippen LogP contribution in [0.15, 0.2) is 0 Å². The second kappa shape index (κ2) is 5.45. The number of carboxylic acids is 1. The number of carbonyl (C=O) groups is 1. The predicted molar refractivity (Wildman–Crippen MR) is 78.9 cm³/mol. The molecule has 1 N–H and O–H groups in total. The van der Waals surface area contributed by atoms with Crippen LogP contribution in [0, 0.1) is 19.8 Å². The first kappa shape index (κ1) is 14.0. The predicted octanol–water partition coefficient (Wildman–Crippen LogP) is 2.98. The van der Waals surface area contributed by atoms with Crippen LogP contribution < -0.4 is 0 Å². The van der Waals surface area contributed by atoms with Crippen molar-refractivity contribution in [3.63, 3.8) is 0 Å². The minimum absolute atomic E-state index is 0.301. The van der Waals surface area contributed by atoms with E-state index in [2.05, 4.69) is 9.88 Å². The summed E-state index contributed by atoms with van der Waals surface area (Å²) in [6.07, 6.45) is 5.69. The molecule has 1 aromatic heterocycles. The molecule has 0 aromatic carbocycles. The molecule has 1 aliphatic carbocycles. The minimum atomic E-state index is -0.654. The monoisotopic (exact) mass is 294 g/mol. The third kappa shape index (κ3) is 2.49. The number of hydrogen-bond acceptors (Lipinski definition) is 4. The van der Waals surface area contributed by atoms with Gasteiger partial charge in [0.15, 0.2) is 0 Å². The molecule has 3 atom stereocenters. The van der Waals surface area contributed by atoms with Crippen molar-refractivity contribution in [1.29, 1.82) is 0 Å². The summed E-state index contributed by atoms with van der Waals surface area (Å²) in [5.41, 5.74) is 1.07. The lowest BCUT2D eigenvalue weighted by Gasteiger charge is -2.32. The van der Waals surface area contributed by atoms with Gasteiger partial charge < -0.3 is 5.11 Å². The first-order valence-corrected chi connectivity index (χ1v) is 8.29. The molecular formula is C15H22N2O2S. The van der Waals surface area contributed by atoms with Crippen LogP contribution in [0.3, 0.4) is 0 Å². The number of nitrogens with zero attached hydrogens (tertiary/aromatic N) is 2. The van der Waals surface area contributed by atoms with Gasteiger partial charge in [0.1, 0.15) is 6.04 Å². The Balaban J connectivity index is 1.84. The van der Waals surface area contributed by atoms with Gasteiger partial charge in [0.2, 0.25) is 0 Å². The summed E-state index contributed by atoms with van der Waals surface area (Å²) in [5, 5.41) is 10.6. The topological polar surface area (TPSA) is 53.4 Å². The van der Waals surface area contributed by atoms with Crippen LogP contribution in [-0.2, 0) is 11.3 Å². The summed E-state index contributed by atoms with van der Waals surface area (Å²) < 4.78 is 0. The van der Waals surface area contributed by atoms with Crippen molar-refractivity contribution in [2.75, 3.05) is 0 Å². The smallest absolute Gasteiger partial charge is 0.320 e. The highest BCUT2D eigenvalue weighted by molar-refractivity contribution is 7.11. The third-order valence-corrected chi connectivity index (χ3v) is 5.89. The van der Waals surface area contributed by atoms with Gasteiger partial charge in [-0.3, -0.25) is 9.69 Å². The summed E-state index contributed by atoms with van der Waals surface area (Å²) in [6.45, 7) is 4.81. The third-order valence-electron chi connectivity index (χ3n) is 4.83. The van der Waals surface area contributed by atoms with Gasteiger partial charge in [0.05, 0.1) is 10.7 Å². The average Bonchev–Trinajstić information content (AvgIpc) is 2.91. The Morgan fingerprint density at radius 2 is 2.15 bits per heavy atom. The normalized spacial score (nSPS) is 30.4. The Morgan fingerprint density at radius 3 is 2.80 bits per heavy atom. The van der Waals surface area contributed by atoms with E-state index in [9.17, 15) is 9.90 Å². The first-order chi connectivity index (χ1) is 9.56. The fraction of sp³-hybridized carbons (Fsp3) is 0.733. The standard InChI is InChI=1S/C15H22N2O2S/c1-9-14(20-10(2)16-9)8-17-12-6-4-3-5-11(12)7-13(17)15(18)19/h11-13H,3-8H2,1-2H3,(H,18,19)/t11-,12-,13+/m1/s1. The zero-order valence-electron chi connectivity index (χ0n) is 12.1. The van der Waals surface area contributed by atoms with E-state index in [1.807, 2.05) is 13.8 Å². The molecule has 110 valence electrons. The lowest BCUT2D eigenvalue weighted by Crippen LogP contribution is -2.41. The number of fused-ring (bicyclic) bond motifs is 1. The number of aliphatic carboxylic acids is 1. The second-order valence-electron chi connectivity index (χ2n) is 6.12. The zero-order chi connectivity index (χ0) is 14.3. The molecule has 0 unspecified atom stereocenters. The molecule has 1 saturated heterocycles. The van der Waals surface area contributed by atoms with Gasteiger partial charge >= 0.3 is 5.97 Å². The van der Waals surface area contributed by atoms with E-state index >= 15 is 0 Å². The highest BCUT2D eigenvalue weighted by atomic mass is 32.1. The number of aryl methyl sites for hydroxylation is 2. The van der Waals surface area contributed by atoms with Crippen LogP contribution in [0.25, 0.3) is 0 Å².